The van der Waals surface area contributed by atoms with Crippen molar-refractivity contribution >= 4 is 5.78 Å². The largest absolute Gasteiger partial charge is 0.494 e. The Morgan fingerprint density at radius 3 is 2.71 bits per heavy atom. The molecule has 21 heavy (non-hydrogen) atoms. The van der Waals surface area contributed by atoms with Crippen LogP contribution >= 0.6 is 0 Å². The molecule has 1 N–H and O–H groups in total. The van der Waals surface area contributed by atoms with Crippen LogP contribution in [-0.2, 0) is 0 Å². The molecule has 1 aromatic rings. The highest BCUT2D eigenvalue weighted by Crippen LogP contribution is 2.40. The van der Waals surface area contributed by atoms with Crippen LogP contribution in [-0.4, -0.2) is 15.5 Å². The number of aromatic nitrogens is 1. The van der Waals surface area contributed by atoms with Crippen molar-refractivity contribution in [2.75, 3.05) is 0 Å². The first-order chi connectivity index (χ1) is 9.86. The van der Waals surface area contributed by atoms with Gasteiger partial charge in [0.2, 0.25) is 0 Å². The van der Waals surface area contributed by atoms with Crippen molar-refractivity contribution in [2.24, 2.45) is 11.8 Å². The van der Waals surface area contributed by atoms with E-state index in [1.54, 1.807) is 6.92 Å². The Morgan fingerprint density at radius 2 is 2.14 bits per heavy atom. The minimum atomic E-state index is -0.338. The van der Waals surface area contributed by atoms with Gasteiger partial charge in [-0.2, -0.15) is 0 Å². The summed E-state index contributed by atoms with van der Waals surface area (Å²) in [6.45, 7) is 7.52. The molecule has 0 spiro atoms. The van der Waals surface area contributed by atoms with Gasteiger partial charge in [-0.15, -0.1) is 0 Å². The van der Waals surface area contributed by atoms with Crippen molar-refractivity contribution in [1.82, 2.24) is 4.57 Å². The maximum absolute atomic E-state index is 12.6. The summed E-state index contributed by atoms with van der Waals surface area (Å²) < 4.78 is 1.44. The predicted octanol–water partition coefficient (Wildman–Crippen LogP) is 3.45. The van der Waals surface area contributed by atoms with Gasteiger partial charge in [0.1, 0.15) is 0 Å². The van der Waals surface area contributed by atoms with Crippen molar-refractivity contribution in [3.63, 3.8) is 0 Å². The first-order valence-electron chi connectivity index (χ1n) is 7.82. The molecule has 1 aliphatic rings. The predicted molar refractivity (Wildman–Crippen MR) is 82.9 cm³/mol. The second kappa shape index (κ2) is 6.04. The van der Waals surface area contributed by atoms with Gasteiger partial charge in [0.15, 0.2) is 11.7 Å². The summed E-state index contributed by atoms with van der Waals surface area (Å²) in [6, 6.07) is 1.55. The van der Waals surface area contributed by atoms with E-state index in [4.69, 9.17) is 0 Å². The minimum absolute atomic E-state index is 0.00944. The zero-order chi connectivity index (χ0) is 15.7. The van der Waals surface area contributed by atoms with Crippen LogP contribution in [0.5, 0.6) is 5.88 Å². The molecule has 1 heterocycles. The number of Topliss-reactive ketones (excluding diaryl/α,β-unsaturated/α-hetero) is 1. The SMILES string of the molecule is CCC(C)C1CCC(n2c(O)cc(C)c(C(C)=O)c2=O)C1. The number of nitrogens with zero attached hydrogens (tertiary/aromatic N) is 1. The van der Waals surface area contributed by atoms with E-state index in [9.17, 15) is 14.7 Å². The normalized spacial score (nSPS) is 23.2. The zero-order valence-electron chi connectivity index (χ0n) is 13.3. The van der Waals surface area contributed by atoms with Gasteiger partial charge in [0.05, 0.1) is 5.56 Å². The Bertz CT molecular complexity index is 603. The van der Waals surface area contributed by atoms with E-state index in [0.29, 0.717) is 17.4 Å². The van der Waals surface area contributed by atoms with E-state index in [-0.39, 0.29) is 28.8 Å². The molecule has 0 bridgehead atoms. The highest BCUT2D eigenvalue weighted by atomic mass is 16.3. The van der Waals surface area contributed by atoms with Crippen molar-refractivity contribution < 1.29 is 9.90 Å². The van der Waals surface area contributed by atoms with E-state index in [1.165, 1.54) is 17.6 Å². The van der Waals surface area contributed by atoms with E-state index in [2.05, 4.69) is 13.8 Å². The van der Waals surface area contributed by atoms with E-state index in [0.717, 1.165) is 25.7 Å². The third-order valence-electron chi connectivity index (χ3n) is 5.03. The summed E-state index contributed by atoms with van der Waals surface area (Å²) in [4.78, 5) is 24.3. The summed E-state index contributed by atoms with van der Waals surface area (Å²) in [5, 5.41) is 10.2. The van der Waals surface area contributed by atoms with Gasteiger partial charge in [-0.25, -0.2) is 0 Å². The lowest BCUT2D eigenvalue weighted by molar-refractivity contribution is 0.101. The third-order valence-corrected chi connectivity index (χ3v) is 5.03. The Morgan fingerprint density at radius 1 is 1.48 bits per heavy atom. The smallest absolute Gasteiger partial charge is 0.264 e. The summed E-state index contributed by atoms with van der Waals surface area (Å²) in [7, 11) is 0. The lowest BCUT2D eigenvalue weighted by Crippen LogP contribution is -2.29. The highest BCUT2D eigenvalue weighted by Gasteiger charge is 2.31. The highest BCUT2D eigenvalue weighted by molar-refractivity contribution is 5.95. The molecule has 0 aromatic carbocycles. The molecule has 116 valence electrons. The van der Waals surface area contributed by atoms with Crippen molar-refractivity contribution in [3.05, 3.63) is 27.5 Å². The first kappa shape index (κ1) is 15.8. The molecule has 0 aliphatic heterocycles. The van der Waals surface area contributed by atoms with Gasteiger partial charge in [-0.3, -0.25) is 14.2 Å². The third kappa shape index (κ3) is 2.89. The van der Waals surface area contributed by atoms with Crippen LogP contribution in [0, 0.1) is 18.8 Å². The maximum Gasteiger partial charge on any atom is 0.264 e. The second-order valence-electron chi connectivity index (χ2n) is 6.40. The van der Waals surface area contributed by atoms with Crippen molar-refractivity contribution in [3.8, 4) is 5.88 Å². The van der Waals surface area contributed by atoms with Crippen molar-refractivity contribution in [1.29, 1.82) is 0 Å². The average Bonchev–Trinajstić information content (AvgIpc) is 2.86. The summed E-state index contributed by atoms with van der Waals surface area (Å²) in [5.41, 5.74) is 0.423. The maximum atomic E-state index is 12.6. The van der Waals surface area contributed by atoms with Crippen LogP contribution in [0.2, 0.25) is 0 Å². The standard InChI is InChI=1S/C17H25NO3/c1-5-10(2)13-6-7-14(9-13)18-15(20)8-11(3)16(12(4)19)17(18)21/h8,10,13-14,20H,5-7,9H2,1-4H3. The number of hydrogen-bond acceptors (Lipinski definition) is 3. The minimum Gasteiger partial charge on any atom is -0.494 e. The Hall–Kier alpha value is -1.58. The molecule has 0 saturated heterocycles. The van der Waals surface area contributed by atoms with Gasteiger partial charge in [0.25, 0.3) is 5.56 Å². The Labute approximate surface area is 125 Å². The van der Waals surface area contributed by atoms with Crippen LogP contribution in [0.25, 0.3) is 0 Å². The number of carbonyl (C=O) groups excluding carboxylic acids is 1. The Kier molecular flexibility index (Phi) is 4.55. The van der Waals surface area contributed by atoms with Gasteiger partial charge in [-0.05, 0) is 50.5 Å². The number of rotatable bonds is 4. The number of carbonyl (C=O) groups is 1. The van der Waals surface area contributed by atoms with Crippen LogP contribution < -0.4 is 5.56 Å². The van der Waals surface area contributed by atoms with Gasteiger partial charge in [-0.1, -0.05) is 20.3 Å². The molecule has 1 aromatic heterocycles. The van der Waals surface area contributed by atoms with E-state index < -0.39 is 0 Å². The first-order valence-corrected chi connectivity index (χ1v) is 7.82. The monoisotopic (exact) mass is 291 g/mol. The topological polar surface area (TPSA) is 59.3 Å². The summed E-state index contributed by atoms with van der Waals surface area (Å²) in [5.74, 6) is 0.971. The fraction of sp³-hybridized carbons (Fsp3) is 0.647. The fourth-order valence-corrected chi connectivity index (χ4v) is 3.59. The molecule has 0 amide bonds. The molecule has 0 radical (unpaired) electrons. The average molecular weight is 291 g/mol. The van der Waals surface area contributed by atoms with Crippen LogP contribution in [0.4, 0.5) is 0 Å². The van der Waals surface area contributed by atoms with Crippen LogP contribution in [0.3, 0.4) is 0 Å². The molecule has 3 unspecified atom stereocenters. The number of aromatic hydroxyl groups is 1. The summed E-state index contributed by atoms with van der Waals surface area (Å²) >= 11 is 0. The lowest BCUT2D eigenvalue weighted by atomic mass is 9.90. The van der Waals surface area contributed by atoms with Gasteiger partial charge >= 0.3 is 0 Å². The zero-order valence-corrected chi connectivity index (χ0v) is 13.3. The lowest BCUT2D eigenvalue weighted by Gasteiger charge is -2.20. The van der Waals surface area contributed by atoms with Gasteiger partial charge in [0, 0.05) is 12.1 Å². The molecular weight excluding hydrogens is 266 g/mol. The number of ketones is 1. The molecule has 4 heteroatoms. The number of hydrogen-bond donors (Lipinski definition) is 1. The molecule has 3 atom stereocenters. The number of pyridine rings is 1. The molecule has 1 saturated carbocycles. The van der Waals surface area contributed by atoms with E-state index in [1.807, 2.05) is 0 Å². The Balaban J connectivity index is 2.40. The molecule has 2 rings (SSSR count). The number of aryl methyl sites for hydroxylation is 1. The second-order valence-corrected chi connectivity index (χ2v) is 6.40. The quantitative estimate of drug-likeness (QED) is 0.864. The van der Waals surface area contributed by atoms with Crippen LogP contribution in [0.15, 0.2) is 10.9 Å². The summed E-state index contributed by atoms with van der Waals surface area (Å²) in [6.07, 6.45) is 4.01. The van der Waals surface area contributed by atoms with Gasteiger partial charge < -0.3 is 5.11 Å². The molecule has 4 nitrogen and oxygen atoms in total. The molecular formula is C17H25NO3. The van der Waals surface area contributed by atoms with E-state index >= 15 is 0 Å². The van der Waals surface area contributed by atoms with Crippen molar-refractivity contribution in [2.45, 2.75) is 59.4 Å². The molecule has 1 fully saturated rings. The fourth-order valence-electron chi connectivity index (χ4n) is 3.59. The molecule has 1 aliphatic carbocycles. The van der Waals surface area contributed by atoms with Crippen LogP contribution in [0.1, 0.15) is 68.4 Å².